The van der Waals surface area contributed by atoms with Crippen molar-refractivity contribution in [2.24, 2.45) is 0 Å². The summed E-state index contributed by atoms with van der Waals surface area (Å²) in [4.78, 5) is 14.2. The first-order valence-corrected chi connectivity index (χ1v) is 7.22. The number of carbonyl (C=O) groups is 1. The fourth-order valence-corrected chi connectivity index (χ4v) is 2.81. The van der Waals surface area contributed by atoms with E-state index in [0.29, 0.717) is 17.3 Å². The summed E-state index contributed by atoms with van der Waals surface area (Å²) in [5.74, 6) is 0.703. The van der Waals surface area contributed by atoms with Gasteiger partial charge in [-0.25, -0.2) is 0 Å². The van der Waals surface area contributed by atoms with Crippen LogP contribution in [0.25, 0.3) is 0 Å². The van der Waals surface area contributed by atoms with Gasteiger partial charge < -0.3 is 4.90 Å². The van der Waals surface area contributed by atoms with E-state index in [9.17, 15) is 4.79 Å². The van der Waals surface area contributed by atoms with Gasteiger partial charge in [0, 0.05) is 23.5 Å². The number of nitrogens with zero attached hydrogens (tertiary/aromatic N) is 1. The van der Waals surface area contributed by atoms with Gasteiger partial charge in [0.15, 0.2) is 0 Å². The van der Waals surface area contributed by atoms with Crippen molar-refractivity contribution >= 4 is 29.1 Å². The van der Waals surface area contributed by atoms with Gasteiger partial charge in [0.1, 0.15) is 0 Å². The van der Waals surface area contributed by atoms with Gasteiger partial charge in [-0.1, -0.05) is 23.7 Å². The maximum atomic E-state index is 12.3. The van der Waals surface area contributed by atoms with E-state index in [1.165, 1.54) is 6.42 Å². The topological polar surface area (TPSA) is 20.3 Å². The highest BCUT2D eigenvalue weighted by atomic mass is 35.5. The number of alkyl halides is 1. The predicted molar refractivity (Wildman–Crippen MR) is 75.2 cm³/mol. The molecule has 1 atom stereocenters. The van der Waals surface area contributed by atoms with Crippen LogP contribution in [0.4, 0.5) is 0 Å². The largest absolute Gasteiger partial charge is 0.338 e. The molecule has 0 radical (unpaired) electrons. The Labute approximate surface area is 118 Å². The highest BCUT2D eigenvalue weighted by Crippen LogP contribution is 2.19. The standard InChI is InChI=1S/C14H17Cl2NO/c15-10-13-3-1-2-8-17(13)14(18)9-11-4-6-12(16)7-5-11/h4-7,13H,1-3,8-10H2. The fraction of sp³-hybridized carbons (Fsp3) is 0.500. The van der Waals surface area contributed by atoms with Crippen LogP contribution in [0.5, 0.6) is 0 Å². The summed E-state index contributed by atoms with van der Waals surface area (Å²) >= 11 is 11.8. The van der Waals surface area contributed by atoms with Crippen molar-refractivity contribution in [1.82, 2.24) is 4.90 Å². The Morgan fingerprint density at radius 3 is 2.67 bits per heavy atom. The van der Waals surface area contributed by atoms with Crippen LogP contribution in [0.2, 0.25) is 5.02 Å². The number of likely N-dealkylation sites (tertiary alicyclic amines) is 1. The highest BCUT2D eigenvalue weighted by Gasteiger charge is 2.25. The summed E-state index contributed by atoms with van der Waals surface area (Å²) < 4.78 is 0. The molecule has 0 spiro atoms. The molecule has 1 amide bonds. The van der Waals surface area contributed by atoms with Gasteiger partial charge in [-0.15, -0.1) is 11.6 Å². The number of carbonyl (C=O) groups excluding carboxylic acids is 1. The lowest BCUT2D eigenvalue weighted by molar-refractivity contribution is -0.133. The van der Waals surface area contributed by atoms with Crippen LogP contribution in [0.1, 0.15) is 24.8 Å². The molecule has 0 aliphatic carbocycles. The molecule has 98 valence electrons. The first kappa shape index (κ1) is 13.7. The van der Waals surface area contributed by atoms with E-state index in [2.05, 4.69) is 0 Å². The van der Waals surface area contributed by atoms with Crippen molar-refractivity contribution in [1.29, 1.82) is 0 Å². The summed E-state index contributed by atoms with van der Waals surface area (Å²) in [6.45, 7) is 0.837. The quantitative estimate of drug-likeness (QED) is 0.779. The number of benzene rings is 1. The van der Waals surface area contributed by atoms with Crippen molar-refractivity contribution in [2.75, 3.05) is 12.4 Å². The molecule has 1 saturated heterocycles. The Kier molecular flexibility index (Phi) is 4.90. The van der Waals surface area contributed by atoms with Crippen LogP contribution in [0.15, 0.2) is 24.3 Å². The Morgan fingerprint density at radius 2 is 2.00 bits per heavy atom. The second-order valence-electron chi connectivity index (χ2n) is 4.69. The molecule has 0 N–H and O–H groups in total. The van der Waals surface area contributed by atoms with Gasteiger partial charge in [-0.3, -0.25) is 4.79 Å². The van der Waals surface area contributed by atoms with Gasteiger partial charge in [-0.2, -0.15) is 0 Å². The summed E-state index contributed by atoms with van der Waals surface area (Å²) in [5.41, 5.74) is 1.00. The Bertz CT molecular complexity index is 405. The highest BCUT2D eigenvalue weighted by molar-refractivity contribution is 6.30. The van der Waals surface area contributed by atoms with Crippen molar-refractivity contribution in [2.45, 2.75) is 31.7 Å². The molecular weight excluding hydrogens is 269 g/mol. The molecule has 1 aromatic carbocycles. The van der Waals surface area contributed by atoms with E-state index in [4.69, 9.17) is 23.2 Å². The van der Waals surface area contributed by atoms with E-state index in [0.717, 1.165) is 24.9 Å². The fourth-order valence-electron chi connectivity index (χ4n) is 2.37. The first-order chi connectivity index (χ1) is 8.70. The average molecular weight is 286 g/mol. The Hall–Kier alpha value is -0.730. The van der Waals surface area contributed by atoms with Crippen LogP contribution in [0.3, 0.4) is 0 Å². The lowest BCUT2D eigenvalue weighted by Crippen LogP contribution is -2.45. The molecule has 0 aromatic heterocycles. The van der Waals surface area contributed by atoms with Gasteiger partial charge in [0.2, 0.25) is 5.91 Å². The van der Waals surface area contributed by atoms with E-state index in [1.54, 1.807) is 0 Å². The molecule has 1 fully saturated rings. The van der Waals surface area contributed by atoms with E-state index in [-0.39, 0.29) is 11.9 Å². The molecule has 0 saturated carbocycles. The molecule has 1 heterocycles. The molecular formula is C14H17Cl2NO. The van der Waals surface area contributed by atoms with Crippen LogP contribution in [-0.2, 0) is 11.2 Å². The number of amides is 1. The molecule has 1 unspecified atom stereocenters. The normalized spacial score (nSPS) is 19.9. The lowest BCUT2D eigenvalue weighted by Gasteiger charge is -2.34. The van der Waals surface area contributed by atoms with Crippen LogP contribution >= 0.6 is 23.2 Å². The average Bonchev–Trinajstić information content (AvgIpc) is 2.41. The zero-order chi connectivity index (χ0) is 13.0. The van der Waals surface area contributed by atoms with Crippen molar-refractivity contribution in [3.05, 3.63) is 34.9 Å². The van der Waals surface area contributed by atoms with Gasteiger partial charge in [0.05, 0.1) is 6.42 Å². The SMILES string of the molecule is O=C(Cc1ccc(Cl)cc1)N1CCCCC1CCl. The van der Waals surface area contributed by atoms with Gasteiger partial charge in [0.25, 0.3) is 0 Å². The Balaban J connectivity index is 2.00. The molecule has 1 aliphatic heterocycles. The van der Waals surface area contributed by atoms with Gasteiger partial charge >= 0.3 is 0 Å². The third-order valence-corrected chi connectivity index (χ3v) is 4.00. The van der Waals surface area contributed by atoms with Crippen LogP contribution < -0.4 is 0 Å². The third-order valence-electron chi connectivity index (χ3n) is 3.39. The Morgan fingerprint density at radius 1 is 1.28 bits per heavy atom. The number of hydrogen-bond acceptors (Lipinski definition) is 1. The van der Waals surface area contributed by atoms with Gasteiger partial charge in [-0.05, 0) is 37.0 Å². The minimum atomic E-state index is 0.169. The van der Waals surface area contributed by atoms with E-state index in [1.807, 2.05) is 29.2 Å². The third kappa shape index (κ3) is 3.39. The minimum absolute atomic E-state index is 0.169. The molecule has 2 rings (SSSR count). The molecule has 1 aromatic rings. The molecule has 0 bridgehead atoms. The maximum Gasteiger partial charge on any atom is 0.227 e. The van der Waals surface area contributed by atoms with Crippen molar-refractivity contribution in [3.8, 4) is 0 Å². The minimum Gasteiger partial charge on any atom is -0.338 e. The molecule has 4 heteroatoms. The second kappa shape index (κ2) is 6.44. The van der Waals surface area contributed by atoms with Crippen molar-refractivity contribution < 1.29 is 4.79 Å². The number of rotatable bonds is 3. The zero-order valence-corrected chi connectivity index (χ0v) is 11.8. The smallest absolute Gasteiger partial charge is 0.227 e. The first-order valence-electron chi connectivity index (χ1n) is 6.30. The maximum absolute atomic E-state index is 12.3. The van der Waals surface area contributed by atoms with Crippen molar-refractivity contribution in [3.63, 3.8) is 0 Å². The second-order valence-corrected chi connectivity index (χ2v) is 5.44. The molecule has 1 aliphatic rings. The molecule has 18 heavy (non-hydrogen) atoms. The number of piperidine rings is 1. The summed E-state index contributed by atoms with van der Waals surface area (Å²) in [6, 6.07) is 7.65. The van der Waals surface area contributed by atoms with E-state index < -0.39 is 0 Å². The zero-order valence-electron chi connectivity index (χ0n) is 10.2. The summed E-state index contributed by atoms with van der Waals surface area (Å²) in [5, 5.41) is 0.697. The van der Waals surface area contributed by atoms with Crippen LogP contribution in [-0.4, -0.2) is 29.3 Å². The van der Waals surface area contributed by atoms with Crippen LogP contribution in [0, 0.1) is 0 Å². The summed E-state index contributed by atoms with van der Waals surface area (Å²) in [7, 11) is 0. The summed E-state index contributed by atoms with van der Waals surface area (Å²) in [6.07, 6.45) is 3.71. The monoisotopic (exact) mass is 285 g/mol. The van der Waals surface area contributed by atoms with E-state index >= 15 is 0 Å². The molecule has 2 nitrogen and oxygen atoms in total. The number of hydrogen-bond donors (Lipinski definition) is 0. The lowest BCUT2D eigenvalue weighted by atomic mass is 10.0. The predicted octanol–water partition coefficient (Wildman–Crippen LogP) is 3.50. The number of halogens is 2.